The van der Waals surface area contributed by atoms with Crippen LogP contribution in [0.3, 0.4) is 0 Å². The molecule has 4 heteroatoms. The minimum Gasteiger partial charge on any atom is -0.378 e. The van der Waals surface area contributed by atoms with Gasteiger partial charge in [0.05, 0.1) is 24.8 Å². The molecule has 0 amide bonds. The van der Waals surface area contributed by atoms with Crippen LogP contribution in [0.1, 0.15) is 32.6 Å². The second-order valence-corrected chi connectivity index (χ2v) is 5.11. The molecule has 2 aliphatic heterocycles. The van der Waals surface area contributed by atoms with Gasteiger partial charge in [0.15, 0.2) is 0 Å². The molecule has 2 atom stereocenters. The fourth-order valence-corrected chi connectivity index (χ4v) is 2.95. The van der Waals surface area contributed by atoms with Crippen molar-refractivity contribution < 1.29 is 9.47 Å². The van der Waals surface area contributed by atoms with Crippen molar-refractivity contribution in [2.24, 2.45) is 0 Å². The van der Waals surface area contributed by atoms with E-state index in [-0.39, 0.29) is 5.60 Å². The van der Waals surface area contributed by atoms with Gasteiger partial charge in [0.1, 0.15) is 0 Å². The molecule has 2 rings (SSSR count). The fraction of sp³-hybridized carbons (Fsp3) is 0.923. The summed E-state index contributed by atoms with van der Waals surface area (Å²) in [6, 6.07) is 2.77. The van der Waals surface area contributed by atoms with Crippen LogP contribution in [0.2, 0.25) is 0 Å². The lowest BCUT2D eigenvalue weighted by Crippen LogP contribution is -2.49. The van der Waals surface area contributed by atoms with Crippen LogP contribution in [0.15, 0.2) is 0 Å². The molecule has 0 aliphatic carbocycles. The zero-order valence-electron chi connectivity index (χ0n) is 10.7. The standard InChI is InChI=1S/C13H22N2O2/c1-2-6-15(7-5-14)12-3-8-17-13(10-12)4-9-16-11-13/h12H,2-4,6-11H2,1H3. The molecular formula is C13H22N2O2. The number of rotatable bonds is 4. The van der Waals surface area contributed by atoms with Gasteiger partial charge in [-0.25, -0.2) is 0 Å². The molecule has 1 spiro atoms. The van der Waals surface area contributed by atoms with E-state index in [1.165, 1.54) is 0 Å². The number of ether oxygens (including phenoxy) is 2. The monoisotopic (exact) mass is 238 g/mol. The zero-order chi connectivity index (χ0) is 12.1. The van der Waals surface area contributed by atoms with Crippen LogP contribution in [-0.2, 0) is 9.47 Å². The van der Waals surface area contributed by atoms with Crippen LogP contribution in [0.25, 0.3) is 0 Å². The van der Waals surface area contributed by atoms with Crippen LogP contribution in [0, 0.1) is 11.3 Å². The van der Waals surface area contributed by atoms with Crippen molar-refractivity contribution in [1.82, 2.24) is 4.90 Å². The minimum atomic E-state index is -0.0512. The van der Waals surface area contributed by atoms with Gasteiger partial charge in [-0.1, -0.05) is 6.92 Å². The van der Waals surface area contributed by atoms with Gasteiger partial charge in [-0.2, -0.15) is 5.26 Å². The fourth-order valence-electron chi connectivity index (χ4n) is 2.95. The van der Waals surface area contributed by atoms with Gasteiger partial charge in [0, 0.05) is 25.7 Å². The topological polar surface area (TPSA) is 45.5 Å². The Hall–Kier alpha value is -0.630. The zero-order valence-corrected chi connectivity index (χ0v) is 10.7. The van der Waals surface area contributed by atoms with Gasteiger partial charge in [-0.05, 0) is 25.8 Å². The number of hydrogen-bond donors (Lipinski definition) is 0. The van der Waals surface area contributed by atoms with E-state index in [0.29, 0.717) is 12.6 Å². The maximum Gasteiger partial charge on any atom is 0.0951 e. The van der Waals surface area contributed by atoms with E-state index in [4.69, 9.17) is 14.7 Å². The first-order valence-electron chi connectivity index (χ1n) is 6.62. The summed E-state index contributed by atoms with van der Waals surface area (Å²) in [5.41, 5.74) is -0.0512. The Balaban J connectivity index is 1.97. The van der Waals surface area contributed by atoms with Crippen molar-refractivity contribution >= 4 is 0 Å². The molecule has 2 heterocycles. The summed E-state index contributed by atoms with van der Waals surface area (Å²) in [5, 5.41) is 8.90. The molecule has 0 radical (unpaired) electrons. The second kappa shape index (κ2) is 5.81. The highest BCUT2D eigenvalue weighted by Gasteiger charge is 2.42. The van der Waals surface area contributed by atoms with E-state index >= 15 is 0 Å². The van der Waals surface area contributed by atoms with Crippen LogP contribution in [-0.4, -0.2) is 49.5 Å². The molecule has 2 saturated heterocycles. The maximum absolute atomic E-state index is 8.90. The van der Waals surface area contributed by atoms with Gasteiger partial charge in [-0.3, -0.25) is 4.90 Å². The minimum absolute atomic E-state index is 0.0512. The smallest absolute Gasteiger partial charge is 0.0951 e. The molecule has 17 heavy (non-hydrogen) atoms. The van der Waals surface area contributed by atoms with Crippen molar-refractivity contribution in [3.63, 3.8) is 0 Å². The van der Waals surface area contributed by atoms with Crippen molar-refractivity contribution in [1.29, 1.82) is 5.26 Å². The summed E-state index contributed by atoms with van der Waals surface area (Å²) in [6.07, 6.45) is 4.18. The molecule has 0 N–H and O–H groups in total. The first-order chi connectivity index (χ1) is 8.29. The van der Waals surface area contributed by atoms with Crippen molar-refractivity contribution in [2.75, 3.05) is 32.9 Å². The predicted molar refractivity (Wildman–Crippen MR) is 64.6 cm³/mol. The van der Waals surface area contributed by atoms with E-state index in [0.717, 1.165) is 52.0 Å². The van der Waals surface area contributed by atoms with E-state index in [1.807, 2.05) is 0 Å². The molecule has 2 aliphatic rings. The molecular weight excluding hydrogens is 216 g/mol. The third kappa shape index (κ3) is 2.98. The third-order valence-electron chi connectivity index (χ3n) is 3.84. The lowest BCUT2D eigenvalue weighted by Gasteiger charge is -2.41. The summed E-state index contributed by atoms with van der Waals surface area (Å²) < 4.78 is 11.4. The molecule has 4 nitrogen and oxygen atoms in total. The van der Waals surface area contributed by atoms with Crippen LogP contribution in [0.5, 0.6) is 0 Å². The lowest BCUT2D eigenvalue weighted by molar-refractivity contribution is -0.105. The van der Waals surface area contributed by atoms with Gasteiger partial charge in [0.25, 0.3) is 0 Å². The Bertz CT molecular complexity index is 282. The summed E-state index contributed by atoms with van der Waals surface area (Å²) in [5.74, 6) is 0. The second-order valence-electron chi connectivity index (χ2n) is 5.11. The quantitative estimate of drug-likeness (QED) is 0.697. The lowest BCUT2D eigenvalue weighted by atomic mass is 9.89. The van der Waals surface area contributed by atoms with E-state index in [1.54, 1.807) is 0 Å². The van der Waals surface area contributed by atoms with Crippen LogP contribution >= 0.6 is 0 Å². The number of hydrogen-bond acceptors (Lipinski definition) is 4. The Kier molecular flexibility index (Phi) is 4.38. The highest BCUT2D eigenvalue weighted by atomic mass is 16.6. The number of nitrogens with zero attached hydrogens (tertiary/aromatic N) is 2. The molecule has 0 saturated carbocycles. The van der Waals surface area contributed by atoms with Crippen LogP contribution in [0.4, 0.5) is 0 Å². The summed E-state index contributed by atoms with van der Waals surface area (Å²) >= 11 is 0. The van der Waals surface area contributed by atoms with Crippen molar-refractivity contribution in [3.8, 4) is 6.07 Å². The molecule has 2 fully saturated rings. The Morgan fingerprint density at radius 2 is 2.35 bits per heavy atom. The van der Waals surface area contributed by atoms with E-state index < -0.39 is 0 Å². The van der Waals surface area contributed by atoms with Gasteiger partial charge >= 0.3 is 0 Å². The van der Waals surface area contributed by atoms with E-state index in [2.05, 4.69) is 17.9 Å². The average molecular weight is 238 g/mol. The maximum atomic E-state index is 8.90. The van der Waals surface area contributed by atoms with Crippen molar-refractivity contribution in [3.05, 3.63) is 0 Å². The summed E-state index contributed by atoms with van der Waals surface area (Å²) in [7, 11) is 0. The Labute approximate surface area is 103 Å². The highest BCUT2D eigenvalue weighted by Crippen LogP contribution is 2.34. The Morgan fingerprint density at radius 1 is 1.47 bits per heavy atom. The summed E-state index contributed by atoms with van der Waals surface area (Å²) in [6.45, 7) is 6.07. The average Bonchev–Trinajstić information content (AvgIpc) is 2.77. The van der Waals surface area contributed by atoms with Gasteiger partial charge in [0.2, 0.25) is 0 Å². The molecule has 0 bridgehead atoms. The first-order valence-corrected chi connectivity index (χ1v) is 6.62. The molecule has 0 aromatic carbocycles. The first kappa shape index (κ1) is 12.8. The SMILES string of the molecule is CCCN(CC#N)C1CCOC2(CCOC2)C1. The summed E-state index contributed by atoms with van der Waals surface area (Å²) in [4.78, 5) is 2.31. The number of nitriles is 1. The largest absolute Gasteiger partial charge is 0.378 e. The van der Waals surface area contributed by atoms with Gasteiger partial charge in [-0.15, -0.1) is 0 Å². The molecule has 2 unspecified atom stereocenters. The molecule has 96 valence electrons. The van der Waals surface area contributed by atoms with E-state index in [9.17, 15) is 0 Å². The normalized spacial score (nSPS) is 33.1. The van der Waals surface area contributed by atoms with Crippen LogP contribution < -0.4 is 0 Å². The molecule has 0 aromatic rings. The Morgan fingerprint density at radius 3 is 3.00 bits per heavy atom. The van der Waals surface area contributed by atoms with Crippen molar-refractivity contribution in [2.45, 2.75) is 44.2 Å². The molecule has 0 aromatic heterocycles. The predicted octanol–water partition coefficient (Wildman–Crippen LogP) is 1.56. The van der Waals surface area contributed by atoms with Gasteiger partial charge < -0.3 is 9.47 Å². The highest BCUT2D eigenvalue weighted by molar-refractivity contribution is 4.95. The third-order valence-corrected chi connectivity index (χ3v) is 3.84.